The Balaban J connectivity index is 1.53. The van der Waals surface area contributed by atoms with Crippen LogP contribution in [0.3, 0.4) is 0 Å². The largest absolute Gasteiger partial charge is 0.486 e. The Morgan fingerprint density at radius 2 is 1.89 bits per heavy atom. The number of fused-ring (bicyclic) bond motifs is 1. The predicted molar refractivity (Wildman–Crippen MR) is 97.2 cm³/mol. The number of ether oxygens (including phenoxy) is 2. The number of piperazine rings is 1. The molecular formula is C18H20FN3O4S. The molecule has 27 heavy (non-hydrogen) atoms. The zero-order valence-corrected chi connectivity index (χ0v) is 15.7. The molecule has 0 N–H and O–H groups in total. The summed E-state index contributed by atoms with van der Waals surface area (Å²) in [7, 11) is -3.65. The number of hydrogen-bond acceptors (Lipinski definition) is 6. The summed E-state index contributed by atoms with van der Waals surface area (Å²) in [6, 6.07) is 7.56. The van der Waals surface area contributed by atoms with E-state index in [-0.39, 0.29) is 10.9 Å². The number of aromatic nitrogens is 1. The summed E-state index contributed by atoms with van der Waals surface area (Å²) in [5.74, 6) is 1.25. The van der Waals surface area contributed by atoms with Crippen molar-refractivity contribution in [1.82, 2.24) is 9.29 Å². The summed E-state index contributed by atoms with van der Waals surface area (Å²) in [6.07, 6.45) is 1.17. The van der Waals surface area contributed by atoms with Gasteiger partial charge in [-0.2, -0.15) is 4.31 Å². The fraction of sp³-hybridized carbons (Fsp3) is 0.389. The molecule has 0 saturated carbocycles. The van der Waals surface area contributed by atoms with Gasteiger partial charge in [0.05, 0.1) is 11.1 Å². The van der Waals surface area contributed by atoms with Crippen molar-refractivity contribution < 1.29 is 22.3 Å². The van der Waals surface area contributed by atoms with Gasteiger partial charge in [0, 0.05) is 31.7 Å². The first-order valence-corrected chi connectivity index (χ1v) is 10.2. The summed E-state index contributed by atoms with van der Waals surface area (Å²) in [4.78, 5) is 6.27. The number of benzene rings is 1. The lowest BCUT2D eigenvalue weighted by molar-refractivity contribution is 0.171. The van der Waals surface area contributed by atoms with Crippen molar-refractivity contribution >= 4 is 15.8 Å². The Kier molecular flexibility index (Phi) is 4.65. The van der Waals surface area contributed by atoms with Crippen LogP contribution in [0.2, 0.25) is 0 Å². The van der Waals surface area contributed by atoms with E-state index in [1.807, 2.05) is 11.8 Å². The van der Waals surface area contributed by atoms with E-state index in [9.17, 15) is 12.8 Å². The Bertz CT molecular complexity index is 936. The number of rotatable bonds is 3. The van der Waals surface area contributed by atoms with E-state index in [4.69, 9.17) is 9.47 Å². The quantitative estimate of drug-likeness (QED) is 0.793. The topological polar surface area (TPSA) is 72.0 Å². The van der Waals surface area contributed by atoms with Crippen LogP contribution in [0.5, 0.6) is 11.5 Å². The van der Waals surface area contributed by atoms with E-state index in [1.165, 1.54) is 22.6 Å². The highest BCUT2D eigenvalue weighted by atomic mass is 32.2. The van der Waals surface area contributed by atoms with Crippen LogP contribution in [-0.2, 0) is 10.0 Å². The molecule has 1 fully saturated rings. The molecule has 0 bridgehead atoms. The van der Waals surface area contributed by atoms with Gasteiger partial charge in [0.15, 0.2) is 11.5 Å². The third-order valence-corrected chi connectivity index (χ3v) is 6.61. The lowest BCUT2D eigenvalue weighted by atomic mass is 10.2. The number of halogens is 1. The van der Waals surface area contributed by atoms with E-state index in [0.717, 1.165) is 0 Å². The monoisotopic (exact) mass is 393 g/mol. The minimum Gasteiger partial charge on any atom is -0.486 e. The Labute approximate surface area is 157 Å². The summed E-state index contributed by atoms with van der Waals surface area (Å²) >= 11 is 0. The minimum atomic E-state index is -3.65. The van der Waals surface area contributed by atoms with Crippen LogP contribution in [0.25, 0.3) is 0 Å². The van der Waals surface area contributed by atoms with Crippen molar-refractivity contribution in [2.45, 2.75) is 17.9 Å². The highest BCUT2D eigenvalue weighted by molar-refractivity contribution is 7.89. The first kappa shape index (κ1) is 18.0. The van der Waals surface area contributed by atoms with Gasteiger partial charge in [0.25, 0.3) is 0 Å². The predicted octanol–water partition coefficient (Wildman–Crippen LogP) is 1.89. The number of hydrogen-bond donors (Lipinski definition) is 0. The van der Waals surface area contributed by atoms with Crippen LogP contribution in [0, 0.1) is 5.82 Å². The standard InChI is InChI=1S/C18H20FN3O4S/c1-13-12-21(6-7-22(13)18-5-2-14(19)11-20-18)27(23,24)15-3-4-16-17(10-15)26-9-8-25-16/h2-5,10-11,13H,6-9,12H2,1H3. The first-order valence-electron chi connectivity index (χ1n) is 8.73. The van der Waals surface area contributed by atoms with Gasteiger partial charge < -0.3 is 14.4 Å². The Morgan fingerprint density at radius 1 is 1.11 bits per heavy atom. The second kappa shape index (κ2) is 6.97. The molecule has 1 atom stereocenters. The smallest absolute Gasteiger partial charge is 0.243 e. The molecule has 1 saturated heterocycles. The molecule has 0 amide bonds. The molecule has 0 spiro atoms. The molecule has 1 aromatic heterocycles. The molecule has 3 heterocycles. The van der Waals surface area contributed by atoms with Gasteiger partial charge >= 0.3 is 0 Å². The SMILES string of the molecule is CC1CN(S(=O)(=O)c2ccc3c(c2)OCCO3)CCN1c1ccc(F)cn1. The Morgan fingerprint density at radius 3 is 2.59 bits per heavy atom. The van der Waals surface area contributed by atoms with Crippen molar-refractivity contribution in [1.29, 1.82) is 0 Å². The maximum absolute atomic E-state index is 13.1. The van der Waals surface area contributed by atoms with Crippen molar-refractivity contribution in [3.63, 3.8) is 0 Å². The number of sulfonamides is 1. The van der Waals surface area contributed by atoms with Gasteiger partial charge in [-0.15, -0.1) is 0 Å². The lowest BCUT2D eigenvalue weighted by Gasteiger charge is -2.39. The summed E-state index contributed by atoms with van der Waals surface area (Å²) in [5.41, 5.74) is 0. The molecule has 2 aliphatic rings. The minimum absolute atomic E-state index is 0.0938. The van der Waals surface area contributed by atoms with Crippen LogP contribution < -0.4 is 14.4 Å². The van der Waals surface area contributed by atoms with Crippen LogP contribution in [-0.4, -0.2) is 56.6 Å². The maximum atomic E-state index is 13.1. The van der Waals surface area contributed by atoms with Crippen LogP contribution in [0.15, 0.2) is 41.4 Å². The first-order chi connectivity index (χ1) is 12.9. The molecule has 2 aliphatic heterocycles. The maximum Gasteiger partial charge on any atom is 0.243 e. The average molecular weight is 393 g/mol. The second-order valence-electron chi connectivity index (χ2n) is 6.55. The van der Waals surface area contributed by atoms with Gasteiger partial charge in [-0.05, 0) is 31.2 Å². The molecule has 4 rings (SSSR count). The van der Waals surface area contributed by atoms with Crippen LogP contribution in [0.1, 0.15) is 6.92 Å². The summed E-state index contributed by atoms with van der Waals surface area (Å²) in [6.45, 7) is 3.89. The number of anilines is 1. The lowest BCUT2D eigenvalue weighted by Crippen LogP contribution is -2.53. The molecule has 2 aromatic rings. The van der Waals surface area contributed by atoms with Gasteiger partial charge in [-0.3, -0.25) is 0 Å². The normalized spacial score (nSPS) is 20.5. The van der Waals surface area contributed by atoms with Crippen LogP contribution >= 0.6 is 0 Å². The number of pyridine rings is 1. The molecule has 0 aliphatic carbocycles. The fourth-order valence-corrected chi connectivity index (χ4v) is 4.88. The molecule has 7 nitrogen and oxygen atoms in total. The molecule has 144 valence electrons. The third-order valence-electron chi connectivity index (χ3n) is 4.75. The van der Waals surface area contributed by atoms with Crippen LogP contribution in [0.4, 0.5) is 10.2 Å². The zero-order chi connectivity index (χ0) is 19.0. The molecular weight excluding hydrogens is 373 g/mol. The van der Waals surface area contributed by atoms with Crippen molar-refractivity contribution in [2.24, 2.45) is 0 Å². The highest BCUT2D eigenvalue weighted by Crippen LogP contribution is 2.33. The molecule has 1 aromatic carbocycles. The molecule has 0 radical (unpaired) electrons. The summed E-state index contributed by atoms with van der Waals surface area (Å²) < 4.78 is 51.6. The number of nitrogens with zero attached hydrogens (tertiary/aromatic N) is 3. The van der Waals surface area contributed by atoms with Gasteiger partial charge in [-0.25, -0.2) is 17.8 Å². The van der Waals surface area contributed by atoms with Crippen molar-refractivity contribution in [3.05, 3.63) is 42.3 Å². The van der Waals surface area contributed by atoms with Crippen molar-refractivity contribution in [3.8, 4) is 11.5 Å². The van der Waals surface area contributed by atoms with E-state index in [1.54, 1.807) is 18.2 Å². The van der Waals surface area contributed by atoms with Gasteiger partial charge in [-0.1, -0.05) is 0 Å². The second-order valence-corrected chi connectivity index (χ2v) is 8.48. The van der Waals surface area contributed by atoms with Gasteiger partial charge in [0.2, 0.25) is 10.0 Å². The van der Waals surface area contributed by atoms with E-state index < -0.39 is 15.8 Å². The van der Waals surface area contributed by atoms with E-state index in [0.29, 0.717) is 50.2 Å². The van der Waals surface area contributed by atoms with E-state index >= 15 is 0 Å². The third kappa shape index (κ3) is 3.44. The van der Waals surface area contributed by atoms with Crippen molar-refractivity contribution in [2.75, 3.05) is 37.7 Å². The Hall–Kier alpha value is -2.39. The zero-order valence-electron chi connectivity index (χ0n) is 14.8. The summed E-state index contributed by atoms with van der Waals surface area (Å²) in [5, 5.41) is 0. The van der Waals surface area contributed by atoms with E-state index in [2.05, 4.69) is 4.98 Å². The molecule has 9 heteroatoms. The average Bonchev–Trinajstić information content (AvgIpc) is 2.68. The van der Waals surface area contributed by atoms with Gasteiger partial charge in [0.1, 0.15) is 24.8 Å². The fourth-order valence-electron chi connectivity index (χ4n) is 3.35. The molecule has 1 unspecified atom stereocenters. The highest BCUT2D eigenvalue weighted by Gasteiger charge is 2.33.